The minimum Gasteiger partial charge on any atom is -0.274 e. The molecule has 0 amide bonds. The first-order valence-corrected chi connectivity index (χ1v) is 6.85. The van der Waals surface area contributed by atoms with Gasteiger partial charge in [0.15, 0.2) is 5.82 Å². The summed E-state index contributed by atoms with van der Waals surface area (Å²) in [5, 5.41) is -0.964. The molecule has 1 aromatic carbocycles. The second kappa shape index (κ2) is 5.10. The first-order valence-electron chi connectivity index (χ1n) is 4.99. The van der Waals surface area contributed by atoms with Crippen molar-refractivity contribution in [3.05, 3.63) is 53.2 Å². The van der Waals surface area contributed by atoms with Gasteiger partial charge in [0.05, 0.1) is 5.02 Å². The zero-order chi connectivity index (χ0) is 14.0. The predicted octanol–water partition coefficient (Wildman–Crippen LogP) is 2.81. The van der Waals surface area contributed by atoms with Crippen LogP contribution in [0.15, 0.2) is 41.6 Å². The van der Waals surface area contributed by atoms with Gasteiger partial charge in [-0.25, -0.2) is 13.8 Å². The van der Waals surface area contributed by atoms with Crippen LogP contribution in [0.5, 0.6) is 0 Å². The smallest absolute Gasteiger partial charge is 0.274 e. The van der Waals surface area contributed by atoms with E-state index >= 15 is 0 Å². The molecule has 0 aliphatic heterocycles. The number of nitrogens with one attached hydrogen (secondary N) is 1. The van der Waals surface area contributed by atoms with Crippen molar-refractivity contribution < 1.29 is 17.2 Å². The zero-order valence-corrected chi connectivity index (χ0v) is 10.8. The molecule has 1 N–H and O–H groups in total. The van der Waals surface area contributed by atoms with Crippen molar-refractivity contribution in [2.75, 3.05) is 4.72 Å². The number of halogens is 3. The van der Waals surface area contributed by atoms with Crippen molar-refractivity contribution >= 4 is 27.3 Å². The molecule has 19 heavy (non-hydrogen) atoms. The van der Waals surface area contributed by atoms with Gasteiger partial charge in [0.25, 0.3) is 10.0 Å². The lowest BCUT2D eigenvalue weighted by molar-refractivity contribution is 0.556. The molecule has 0 aliphatic carbocycles. The van der Waals surface area contributed by atoms with Crippen molar-refractivity contribution in [3.63, 3.8) is 0 Å². The normalized spacial score (nSPS) is 11.3. The van der Waals surface area contributed by atoms with Crippen LogP contribution in [0.3, 0.4) is 0 Å². The number of benzene rings is 1. The molecule has 100 valence electrons. The third-order valence-corrected chi connectivity index (χ3v) is 3.78. The molecule has 1 aromatic heterocycles. The van der Waals surface area contributed by atoms with E-state index in [2.05, 4.69) is 4.98 Å². The van der Waals surface area contributed by atoms with E-state index in [1.54, 1.807) is 0 Å². The van der Waals surface area contributed by atoms with Crippen molar-refractivity contribution in [3.8, 4) is 0 Å². The van der Waals surface area contributed by atoms with E-state index in [1.807, 2.05) is 4.72 Å². The number of sulfonamides is 1. The number of rotatable bonds is 3. The number of hydrogen-bond donors (Lipinski definition) is 1. The molecule has 0 aliphatic rings. The molecule has 4 nitrogen and oxygen atoms in total. The van der Waals surface area contributed by atoms with Crippen LogP contribution in [-0.4, -0.2) is 13.4 Å². The lowest BCUT2D eigenvalue weighted by atomic mass is 10.3. The van der Waals surface area contributed by atoms with E-state index in [4.69, 9.17) is 11.6 Å². The molecule has 0 unspecified atom stereocenters. The van der Waals surface area contributed by atoms with Crippen LogP contribution in [0.25, 0.3) is 0 Å². The summed E-state index contributed by atoms with van der Waals surface area (Å²) in [6.07, 6.45) is 1.11. The Bertz CT molecular complexity index is 702. The van der Waals surface area contributed by atoms with E-state index in [1.165, 1.54) is 18.2 Å². The molecule has 0 fully saturated rings. The van der Waals surface area contributed by atoms with Crippen LogP contribution in [-0.2, 0) is 10.0 Å². The number of pyridine rings is 1. The lowest BCUT2D eigenvalue weighted by Gasteiger charge is -2.10. The summed E-state index contributed by atoms with van der Waals surface area (Å²) in [4.78, 5) is 3.41. The monoisotopic (exact) mass is 304 g/mol. The van der Waals surface area contributed by atoms with Gasteiger partial charge in [0, 0.05) is 6.20 Å². The minimum absolute atomic E-state index is 0.139. The zero-order valence-electron chi connectivity index (χ0n) is 9.27. The highest BCUT2D eigenvalue weighted by molar-refractivity contribution is 7.92. The number of aromatic nitrogens is 1. The molecular weight excluding hydrogens is 298 g/mol. The van der Waals surface area contributed by atoms with E-state index in [-0.39, 0.29) is 5.02 Å². The molecule has 0 radical (unpaired) electrons. The van der Waals surface area contributed by atoms with Crippen molar-refractivity contribution in [2.24, 2.45) is 0 Å². The topological polar surface area (TPSA) is 59.1 Å². The van der Waals surface area contributed by atoms with Crippen LogP contribution < -0.4 is 4.72 Å². The predicted molar refractivity (Wildman–Crippen MR) is 66.4 cm³/mol. The summed E-state index contributed by atoms with van der Waals surface area (Å²) < 4.78 is 52.5. The van der Waals surface area contributed by atoms with E-state index in [0.29, 0.717) is 0 Å². The van der Waals surface area contributed by atoms with E-state index < -0.39 is 32.4 Å². The van der Waals surface area contributed by atoms with Gasteiger partial charge >= 0.3 is 0 Å². The summed E-state index contributed by atoms with van der Waals surface area (Å²) in [7, 11) is -4.35. The second-order valence-electron chi connectivity index (χ2n) is 3.49. The average Bonchev–Trinajstić information content (AvgIpc) is 2.34. The number of nitrogens with zero attached hydrogens (tertiary/aromatic N) is 1. The Balaban J connectivity index is 2.46. The Labute approximate surface area is 113 Å². The molecular formula is C11H7ClF2N2O2S. The highest BCUT2D eigenvalue weighted by Crippen LogP contribution is 2.27. The van der Waals surface area contributed by atoms with Gasteiger partial charge < -0.3 is 0 Å². The third-order valence-electron chi connectivity index (χ3n) is 2.18. The number of hydrogen-bond acceptors (Lipinski definition) is 3. The van der Waals surface area contributed by atoms with Gasteiger partial charge in [-0.15, -0.1) is 0 Å². The highest BCUT2D eigenvalue weighted by Gasteiger charge is 2.23. The van der Waals surface area contributed by atoms with Gasteiger partial charge in [-0.2, -0.15) is 8.42 Å². The fraction of sp³-hybridized carbons (Fsp3) is 0. The Morgan fingerprint density at radius 3 is 2.42 bits per heavy atom. The molecule has 8 heteroatoms. The molecule has 0 saturated heterocycles. The highest BCUT2D eigenvalue weighted by atomic mass is 35.5. The van der Waals surface area contributed by atoms with Crippen molar-refractivity contribution in [1.82, 2.24) is 4.98 Å². The van der Waals surface area contributed by atoms with Gasteiger partial charge in [-0.3, -0.25) is 4.72 Å². The fourth-order valence-electron chi connectivity index (χ4n) is 1.35. The number of para-hydroxylation sites is 1. The van der Waals surface area contributed by atoms with Gasteiger partial charge in [-0.05, 0) is 24.3 Å². The summed E-state index contributed by atoms with van der Waals surface area (Å²) >= 11 is 5.68. The molecule has 0 bridgehead atoms. The Kier molecular flexibility index (Phi) is 3.68. The standard InChI is InChI=1S/C11H7ClF2N2O2S/c12-7-3-1-4-8(13)10(7)16-19(17,18)11-9(14)5-2-6-15-11/h1-6,16H. The fourth-order valence-corrected chi connectivity index (χ4v) is 2.71. The maximum Gasteiger partial charge on any atom is 0.282 e. The Morgan fingerprint density at radius 2 is 1.79 bits per heavy atom. The first kappa shape index (κ1) is 13.7. The summed E-state index contributed by atoms with van der Waals surface area (Å²) in [5.41, 5.74) is -0.450. The van der Waals surface area contributed by atoms with E-state index in [0.717, 1.165) is 18.3 Å². The largest absolute Gasteiger partial charge is 0.282 e. The van der Waals surface area contributed by atoms with Gasteiger partial charge in [-0.1, -0.05) is 17.7 Å². The van der Waals surface area contributed by atoms with Gasteiger partial charge in [0.1, 0.15) is 11.5 Å². The maximum atomic E-state index is 13.5. The van der Waals surface area contributed by atoms with Crippen molar-refractivity contribution in [1.29, 1.82) is 0 Å². The minimum atomic E-state index is -4.35. The second-order valence-corrected chi connectivity index (χ2v) is 5.50. The summed E-state index contributed by atoms with van der Waals surface area (Å²) in [6, 6.07) is 5.82. The van der Waals surface area contributed by atoms with Crippen LogP contribution >= 0.6 is 11.6 Å². The van der Waals surface area contributed by atoms with Crippen LogP contribution in [0.1, 0.15) is 0 Å². The molecule has 0 spiro atoms. The Hall–Kier alpha value is -1.73. The van der Waals surface area contributed by atoms with Crippen LogP contribution in [0.2, 0.25) is 5.02 Å². The summed E-state index contributed by atoms with van der Waals surface area (Å²) in [5.74, 6) is -1.91. The molecule has 2 rings (SSSR count). The quantitative estimate of drug-likeness (QED) is 0.948. The molecule has 0 atom stereocenters. The maximum absolute atomic E-state index is 13.5. The lowest BCUT2D eigenvalue weighted by Crippen LogP contribution is -2.17. The molecule has 0 saturated carbocycles. The van der Waals surface area contributed by atoms with Crippen LogP contribution in [0.4, 0.5) is 14.5 Å². The molecule has 1 heterocycles. The van der Waals surface area contributed by atoms with Crippen LogP contribution in [0, 0.1) is 11.6 Å². The average molecular weight is 305 g/mol. The number of anilines is 1. The first-order chi connectivity index (χ1) is 8.92. The van der Waals surface area contributed by atoms with Gasteiger partial charge in [0.2, 0.25) is 5.03 Å². The summed E-state index contributed by atoms with van der Waals surface area (Å²) in [6.45, 7) is 0. The van der Waals surface area contributed by atoms with E-state index in [9.17, 15) is 17.2 Å². The Morgan fingerprint density at radius 1 is 1.11 bits per heavy atom. The molecule has 2 aromatic rings. The third kappa shape index (κ3) is 2.82. The van der Waals surface area contributed by atoms with Crippen molar-refractivity contribution in [2.45, 2.75) is 5.03 Å². The SMILES string of the molecule is O=S(=O)(Nc1c(F)cccc1Cl)c1ncccc1F.